The molecule has 2 heterocycles. The van der Waals surface area contributed by atoms with Crippen LogP contribution < -0.4 is 5.32 Å². The lowest BCUT2D eigenvalue weighted by Gasteiger charge is -2.08. The van der Waals surface area contributed by atoms with E-state index >= 15 is 0 Å². The second-order valence-corrected chi connectivity index (χ2v) is 6.62. The van der Waals surface area contributed by atoms with Crippen molar-refractivity contribution in [1.29, 1.82) is 0 Å². The number of carbonyl (C=O) groups is 2. The number of aryl methyl sites for hydroxylation is 1. The summed E-state index contributed by atoms with van der Waals surface area (Å²) in [5.41, 5.74) is 3.20. The molecule has 1 N–H and O–H groups in total. The number of thiophene rings is 1. The van der Waals surface area contributed by atoms with Gasteiger partial charge in [0, 0.05) is 17.5 Å². The lowest BCUT2D eigenvalue weighted by atomic mass is 10.1. The summed E-state index contributed by atoms with van der Waals surface area (Å²) in [6.07, 6.45) is 0.723. The summed E-state index contributed by atoms with van der Waals surface area (Å²) in [7, 11) is 0. The summed E-state index contributed by atoms with van der Waals surface area (Å²) in [5.74, 6) is -0.501. The first-order valence-electron chi connectivity index (χ1n) is 8.39. The SMILES string of the molecule is Cc1ccccc1CCNC(=O)COC(=O)Cn1nnc(-c2ccsc2)n1. The van der Waals surface area contributed by atoms with Crippen molar-refractivity contribution in [1.82, 2.24) is 25.5 Å². The Balaban J connectivity index is 1.37. The topological polar surface area (TPSA) is 99.0 Å². The van der Waals surface area contributed by atoms with Crippen LogP contribution in [0.5, 0.6) is 0 Å². The number of amides is 1. The zero-order chi connectivity index (χ0) is 19.1. The van der Waals surface area contributed by atoms with Gasteiger partial charge in [0.05, 0.1) is 0 Å². The third-order valence-electron chi connectivity index (χ3n) is 3.84. The molecule has 0 unspecified atom stereocenters. The fourth-order valence-electron chi connectivity index (χ4n) is 2.40. The number of esters is 1. The highest BCUT2D eigenvalue weighted by Gasteiger charge is 2.12. The van der Waals surface area contributed by atoms with E-state index in [1.165, 1.54) is 22.5 Å². The number of benzene rings is 1. The van der Waals surface area contributed by atoms with Crippen LogP contribution in [0, 0.1) is 6.92 Å². The molecule has 0 aliphatic carbocycles. The van der Waals surface area contributed by atoms with Gasteiger partial charge in [-0.2, -0.15) is 16.1 Å². The molecule has 1 amide bonds. The predicted octanol–water partition coefficient (Wildman–Crippen LogP) is 1.61. The Labute approximate surface area is 160 Å². The van der Waals surface area contributed by atoms with Crippen molar-refractivity contribution < 1.29 is 14.3 Å². The highest BCUT2D eigenvalue weighted by Crippen LogP contribution is 2.16. The van der Waals surface area contributed by atoms with Crippen molar-refractivity contribution in [3.63, 3.8) is 0 Å². The molecule has 9 heteroatoms. The van der Waals surface area contributed by atoms with Gasteiger partial charge in [0.15, 0.2) is 13.2 Å². The average Bonchev–Trinajstić information content (AvgIpc) is 3.33. The van der Waals surface area contributed by atoms with E-state index in [0.29, 0.717) is 12.4 Å². The first kappa shape index (κ1) is 18.7. The summed E-state index contributed by atoms with van der Waals surface area (Å²) in [6, 6.07) is 9.86. The molecule has 140 valence electrons. The van der Waals surface area contributed by atoms with Gasteiger partial charge in [0.2, 0.25) is 5.82 Å². The molecule has 1 aromatic carbocycles. The molecule has 0 saturated heterocycles. The molecule has 8 nitrogen and oxygen atoms in total. The zero-order valence-corrected chi connectivity index (χ0v) is 15.6. The van der Waals surface area contributed by atoms with Crippen molar-refractivity contribution in [3.05, 3.63) is 52.2 Å². The zero-order valence-electron chi connectivity index (χ0n) is 14.8. The smallest absolute Gasteiger partial charge is 0.330 e. The Morgan fingerprint density at radius 2 is 2.11 bits per heavy atom. The normalized spacial score (nSPS) is 10.6. The van der Waals surface area contributed by atoms with Crippen molar-refractivity contribution >= 4 is 23.2 Å². The van der Waals surface area contributed by atoms with Crippen molar-refractivity contribution in [2.24, 2.45) is 0 Å². The number of rotatable bonds is 8. The standard InChI is InChI=1S/C18H19N5O3S/c1-13-4-2-3-5-14(13)6-8-19-16(24)11-26-17(25)10-23-21-18(20-22-23)15-7-9-27-12-15/h2-5,7,9,12H,6,8,10-11H2,1H3,(H,19,24). The van der Waals surface area contributed by atoms with Gasteiger partial charge < -0.3 is 10.1 Å². The van der Waals surface area contributed by atoms with Gasteiger partial charge in [0.25, 0.3) is 5.91 Å². The van der Waals surface area contributed by atoms with E-state index in [4.69, 9.17) is 4.74 Å². The summed E-state index contributed by atoms with van der Waals surface area (Å²) >= 11 is 1.52. The maximum atomic E-state index is 11.8. The predicted molar refractivity (Wildman–Crippen MR) is 100.0 cm³/mol. The molecule has 0 saturated carbocycles. The minimum absolute atomic E-state index is 0.201. The van der Waals surface area contributed by atoms with E-state index in [1.54, 1.807) is 0 Å². The van der Waals surface area contributed by atoms with E-state index in [1.807, 2.05) is 48.0 Å². The quantitative estimate of drug-likeness (QED) is 0.592. The van der Waals surface area contributed by atoms with Crippen LogP contribution in [0.3, 0.4) is 0 Å². The van der Waals surface area contributed by atoms with Gasteiger partial charge in [-0.1, -0.05) is 24.3 Å². The van der Waals surface area contributed by atoms with Gasteiger partial charge in [0.1, 0.15) is 0 Å². The van der Waals surface area contributed by atoms with Crippen LogP contribution in [0.1, 0.15) is 11.1 Å². The third-order valence-corrected chi connectivity index (χ3v) is 4.53. The van der Waals surface area contributed by atoms with Crippen LogP contribution in [0.4, 0.5) is 0 Å². The molecule has 0 aliphatic rings. The minimum atomic E-state index is -0.599. The number of hydrogen-bond acceptors (Lipinski definition) is 7. The van der Waals surface area contributed by atoms with Crippen LogP contribution in [0.2, 0.25) is 0 Å². The molecular formula is C18H19N5O3S. The Morgan fingerprint density at radius 3 is 2.89 bits per heavy atom. The number of nitrogens with zero attached hydrogens (tertiary/aromatic N) is 4. The van der Waals surface area contributed by atoms with E-state index in [0.717, 1.165) is 16.8 Å². The van der Waals surface area contributed by atoms with Crippen molar-refractivity contribution in [3.8, 4) is 11.4 Å². The highest BCUT2D eigenvalue weighted by molar-refractivity contribution is 7.08. The van der Waals surface area contributed by atoms with Gasteiger partial charge in [-0.15, -0.1) is 10.2 Å². The number of ether oxygens (including phenoxy) is 1. The maximum Gasteiger partial charge on any atom is 0.330 e. The van der Waals surface area contributed by atoms with Crippen LogP contribution in [0.15, 0.2) is 41.1 Å². The van der Waals surface area contributed by atoms with E-state index in [2.05, 4.69) is 20.7 Å². The Kier molecular flexibility index (Phi) is 6.26. The first-order chi connectivity index (χ1) is 13.1. The number of aromatic nitrogens is 4. The first-order valence-corrected chi connectivity index (χ1v) is 9.33. The van der Waals surface area contributed by atoms with Gasteiger partial charge >= 0.3 is 5.97 Å². The fraction of sp³-hybridized carbons (Fsp3) is 0.278. The molecule has 0 fully saturated rings. The molecule has 3 rings (SSSR count). The molecule has 0 atom stereocenters. The Bertz CT molecular complexity index is 907. The Hall–Kier alpha value is -3.07. The molecular weight excluding hydrogens is 366 g/mol. The average molecular weight is 385 g/mol. The van der Waals surface area contributed by atoms with E-state index < -0.39 is 5.97 Å². The van der Waals surface area contributed by atoms with Gasteiger partial charge in [-0.25, -0.2) is 4.79 Å². The molecule has 0 bridgehead atoms. The lowest BCUT2D eigenvalue weighted by Crippen LogP contribution is -2.31. The summed E-state index contributed by atoms with van der Waals surface area (Å²) < 4.78 is 4.96. The molecule has 2 aromatic heterocycles. The monoisotopic (exact) mass is 385 g/mol. The number of tetrazole rings is 1. The maximum absolute atomic E-state index is 11.8. The van der Waals surface area contributed by atoms with E-state index in [-0.39, 0.29) is 19.1 Å². The van der Waals surface area contributed by atoms with Crippen LogP contribution in [-0.4, -0.2) is 45.2 Å². The number of carbonyl (C=O) groups excluding carboxylic acids is 2. The van der Waals surface area contributed by atoms with Gasteiger partial charge in [-0.3, -0.25) is 4.79 Å². The summed E-state index contributed by atoms with van der Waals surface area (Å²) in [5, 5.41) is 18.3. The molecule has 0 aliphatic heterocycles. The highest BCUT2D eigenvalue weighted by atomic mass is 32.1. The largest absolute Gasteiger partial charge is 0.454 e. The van der Waals surface area contributed by atoms with Crippen LogP contribution >= 0.6 is 11.3 Å². The second kappa shape index (κ2) is 9.04. The lowest BCUT2D eigenvalue weighted by molar-refractivity contribution is -0.149. The minimum Gasteiger partial charge on any atom is -0.454 e. The van der Waals surface area contributed by atoms with Crippen molar-refractivity contribution in [2.45, 2.75) is 19.9 Å². The molecule has 3 aromatic rings. The second-order valence-electron chi connectivity index (χ2n) is 5.84. The molecule has 0 radical (unpaired) electrons. The molecule has 0 spiro atoms. The number of nitrogens with one attached hydrogen (secondary N) is 1. The van der Waals surface area contributed by atoms with Crippen LogP contribution in [0.25, 0.3) is 11.4 Å². The third kappa shape index (κ3) is 5.45. The number of hydrogen-bond donors (Lipinski definition) is 1. The Morgan fingerprint density at radius 1 is 1.26 bits per heavy atom. The van der Waals surface area contributed by atoms with E-state index in [9.17, 15) is 9.59 Å². The fourth-order valence-corrected chi connectivity index (χ4v) is 3.04. The van der Waals surface area contributed by atoms with Gasteiger partial charge in [-0.05, 0) is 41.1 Å². The molecule has 27 heavy (non-hydrogen) atoms. The summed E-state index contributed by atoms with van der Waals surface area (Å²) in [4.78, 5) is 24.8. The van der Waals surface area contributed by atoms with Crippen molar-refractivity contribution in [2.75, 3.05) is 13.2 Å². The van der Waals surface area contributed by atoms with Crippen LogP contribution in [-0.2, 0) is 27.3 Å². The summed E-state index contributed by atoms with van der Waals surface area (Å²) in [6.45, 7) is 1.98.